The lowest BCUT2D eigenvalue weighted by Crippen LogP contribution is -2.39. The highest BCUT2D eigenvalue weighted by molar-refractivity contribution is 7.10. The monoisotopic (exact) mass is 715 g/mol. The van der Waals surface area contributed by atoms with Gasteiger partial charge in [-0.1, -0.05) is 25.1 Å². The van der Waals surface area contributed by atoms with E-state index in [0.717, 1.165) is 28.7 Å². The van der Waals surface area contributed by atoms with Crippen molar-refractivity contribution in [3.63, 3.8) is 0 Å². The van der Waals surface area contributed by atoms with Crippen LogP contribution >= 0.6 is 11.3 Å². The molecule has 3 heterocycles. The highest BCUT2D eigenvalue weighted by Gasteiger charge is 2.43. The first-order valence-corrected chi connectivity index (χ1v) is 16.3. The van der Waals surface area contributed by atoms with Crippen molar-refractivity contribution in [2.24, 2.45) is 0 Å². The smallest absolute Gasteiger partial charge is 0.422 e. The fourth-order valence-corrected chi connectivity index (χ4v) is 6.08. The van der Waals surface area contributed by atoms with Crippen molar-refractivity contribution in [3.05, 3.63) is 119 Å². The van der Waals surface area contributed by atoms with Gasteiger partial charge in [0.05, 0.1) is 28.9 Å². The normalized spacial score (nSPS) is 12.7. The van der Waals surface area contributed by atoms with Crippen LogP contribution < -0.4 is 14.8 Å². The third kappa shape index (κ3) is 8.29. The van der Waals surface area contributed by atoms with E-state index in [1.54, 1.807) is 55.7 Å². The first-order chi connectivity index (χ1) is 24.4. The molecule has 1 amide bonds. The number of benzene rings is 2. The minimum atomic E-state index is -2.07. The highest BCUT2D eigenvalue weighted by atomic mass is 32.1. The van der Waals surface area contributed by atoms with Gasteiger partial charge in [-0.15, -0.1) is 16.0 Å². The number of ether oxygens (including phenoxy) is 2. The second kappa shape index (κ2) is 15.8. The summed E-state index contributed by atoms with van der Waals surface area (Å²) in [7, 11) is 3.03. The van der Waals surface area contributed by atoms with Gasteiger partial charge >= 0.3 is 12.1 Å². The van der Waals surface area contributed by atoms with Crippen molar-refractivity contribution in [2.75, 3.05) is 25.5 Å². The molecule has 3 aromatic heterocycles. The molecule has 0 fully saturated rings. The number of hydrogen-bond donors (Lipinski definition) is 2. The van der Waals surface area contributed by atoms with Crippen molar-refractivity contribution in [1.29, 1.82) is 5.26 Å². The first-order valence-electron chi connectivity index (χ1n) is 15.4. The highest BCUT2D eigenvalue weighted by Crippen LogP contribution is 2.41. The molecule has 51 heavy (non-hydrogen) atoms. The number of carbonyl (C=O) groups excluding carboxylic acids is 2. The van der Waals surface area contributed by atoms with Gasteiger partial charge in [0.1, 0.15) is 36.2 Å². The van der Waals surface area contributed by atoms with Gasteiger partial charge in [-0.25, -0.2) is 23.5 Å². The van der Waals surface area contributed by atoms with E-state index in [1.165, 1.54) is 46.5 Å². The van der Waals surface area contributed by atoms with E-state index < -0.39 is 35.2 Å². The van der Waals surface area contributed by atoms with Gasteiger partial charge < -0.3 is 19.9 Å². The summed E-state index contributed by atoms with van der Waals surface area (Å²) < 4.78 is 43.0. The van der Waals surface area contributed by atoms with Gasteiger partial charge in [0, 0.05) is 46.3 Å². The maximum Gasteiger partial charge on any atom is 0.422 e. The number of amides is 1. The van der Waals surface area contributed by atoms with Gasteiger partial charge in [0.25, 0.3) is 12.2 Å². The number of halogens is 2. The summed E-state index contributed by atoms with van der Waals surface area (Å²) in [5.74, 6) is -2.92. The van der Waals surface area contributed by atoms with Crippen LogP contribution in [0.25, 0.3) is 17.1 Å². The number of pyridine rings is 1. The van der Waals surface area contributed by atoms with Gasteiger partial charge in [-0.2, -0.15) is 9.83 Å². The summed E-state index contributed by atoms with van der Waals surface area (Å²) in [6.45, 7) is 4.97. The molecule has 0 aliphatic rings. The molecule has 0 bridgehead atoms. The summed E-state index contributed by atoms with van der Waals surface area (Å²) in [5.41, 5.74) is -0.108. The average molecular weight is 716 g/mol. The minimum Gasteiger partial charge on any atom is -0.460 e. The molecule has 0 unspecified atom stereocenters. The molecule has 0 radical (unpaired) electrons. The van der Waals surface area contributed by atoms with Crippen molar-refractivity contribution in [2.45, 2.75) is 31.6 Å². The zero-order chi connectivity index (χ0) is 36.7. The molecular formula is C35H33F2N8O5S+. The van der Waals surface area contributed by atoms with Crippen LogP contribution in [0.4, 0.5) is 19.4 Å². The number of anilines is 1. The number of hydrogen-bond acceptors (Lipinski definition) is 11. The van der Waals surface area contributed by atoms with E-state index in [-0.39, 0.29) is 37.0 Å². The van der Waals surface area contributed by atoms with Crippen molar-refractivity contribution >= 4 is 35.1 Å². The number of aromatic nitrogens is 5. The Morgan fingerprint density at radius 2 is 2.00 bits per heavy atom. The Hall–Kier alpha value is -5.89. The average Bonchev–Trinajstić information content (AvgIpc) is 3.82. The van der Waals surface area contributed by atoms with Gasteiger partial charge in [-0.05, 0) is 50.0 Å². The Balaban J connectivity index is 1.35. The molecule has 2 N–H and O–H groups in total. The fraction of sp³-hybridized carbons (Fsp3) is 0.229. The lowest BCUT2D eigenvalue weighted by Gasteiger charge is -2.32. The van der Waals surface area contributed by atoms with Crippen LogP contribution in [0.1, 0.15) is 34.5 Å². The fourth-order valence-electron chi connectivity index (χ4n) is 5.11. The van der Waals surface area contributed by atoms with Crippen LogP contribution in [0.5, 0.6) is 0 Å². The summed E-state index contributed by atoms with van der Waals surface area (Å²) in [5, 5.41) is 30.5. The largest absolute Gasteiger partial charge is 0.460 e. The van der Waals surface area contributed by atoms with Crippen LogP contribution in [0.15, 0.2) is 85.4 Å². The van der Waals surface area contributed by atoms with E-state index >= 15 is 4.39 Å². The zero-order valence-corrected chi connectivity index (χ0v) is 28.6. The number of nitriles is 1. The number of rotatable bonds is 13. The maximum absolute atomic E-state index is 15.3. The SMILES string of the molecule is C=C(OC(=O)N(C)c1ncccc1COC(=O)CNC)[n+]1cnn(C[C@](O)(c2cc(F)ccc2F)[C@@H](C)c2nc(-c3ccc(C#N)cc3)cs2)c1. The predicted molar refractivity (Wildman–Crippen MR) is 182 cm³/mol. The third-order valence-electron chi connectivity index (χ3n) is 7.96. The Morgan fingerprint density at radius 3 is 2.73 bits per heavy atom. The first kappa shape index (κ1) is 36.4. The topological polar surface area (TPSA) is 159 Å². The molecule has 0 aliphatic carbocycles. The van der Waals surface area contributed by atoms with E-state index in [9.17, 15) is 19.1 Å². The summed E-state index contributed by atoms with van der Waals surface area (Å²) in [4.78, 5) is 34.9. The number of nitrogens with zero attached hydrogens (tertiary/aromatic N) is 7. The predicted octanol–water partition coefficient (Wildman–Crippen LogP) is 4.49. The molecule has 5 aromatic rings. The number of likely N-dealkylation sites (N-methyl/N-ethyl adjacent to an activating group) is 1. The Labute approximate surface area is 295 Å². The van der Waals surface area contributed by atoms with E-state index in [2.05, 4.69) is 33.0 Å². The van der Waals surface area contributed by atoms with E-state index in [1.807, 2.05) is 0 Å². The molecule has 5 rings (SSSR count). The van der Waals surface area contributed by atoms with Crippen molar-refractivity contribution in [1.82, 2.24) is 25.1 Å². The van der Waals surface area contributed by atoms with Crippen LogP contribution in [0.2, 0.25) is 0 Å². The van der Waals surface area contributed by atoms with Gasteiger partial charge in [-0.3, -0.25) is 9.69 Å². The maximum atomic E-state index is 15.3. The molecule has 2 atom stereocenters. The van der Waals surface area contributed by atoms with Crippen molar-refractivity contribution in [3.8, 4) is 17.3 Å². The quantitative estimate of drug-likeness (QED) is 0.101. The van der Waals surface area contributed by atoms with Crippen LogP contribution in [-0.4, -0.2) is 57.6 Å². The molecule has 0 saturated heterocycles. The van der Waals surface area contributed by atoms with Crippen LogP contribution in [0, 0.1) is 23.0 Å². The summed E-state index contributed by atoms with van der Waals surface area (Å²) >= 11 is 1.23. The molecule has 0 saturated carbocycles. The standard InChI is InChI=1S/C35H33F2N8O5S/c1-22(33-42-30(18-51-33)25-9-7-24(15-38)8-10-25)35(48,28-14-27(36)11-12-29(28)37)19-45-21-44(20-41-45)23(2)50-34(47)43(4)32-26(6-5-13-40-32)17-49-31(46)16-39-3/h5-14,18,20-22,39,48H,2,16-17,19H2,1,3-4H3/q+1/t22-,35+/m0/s1. The molecule has 262 valence electrons. The Kier molecular flexibility index (Phi) is 11.2. The lowest BCUT2D eigenvalue weighted by molar-refractivity contribution is -0.598. The van der Waals surface area contributed by atoms with Crippen molar-refractivity contribution < 1.29 is 37.5 Å². The second-order valence-corrected chi connectivity index (χ2v) is 12.3. The molecular weight excluding hydrogens is 682 g/mol. The molecule has 0 aliphatic heterocycles. The number of nitrogens with one attached hydrogen (secondary N) is 1. The summed E-state index contributed by atoms with van der Waals surface area (Å²) in [6.07, 6.45) is 3.23. The van der Waals surface area contributed by atoms with Gasteiger partial charge in [0.15, 0.2) is 0 Å². The van der Waals surface area contributed by atoms with E-state index in [0.29, 0.717) is 21.8 Å². The molecule has 13 nitrogen and oxygen atoms in total. The Morgan fingerprint density at radius 1 is 1.24 bits per heavy atom. The zero-order valence-electron chi connectivity index (χ0n) is 27.8. The van der Waals surface area contributed by atoms with Crippen LogP contribution in [0.3, 0.4) is 0 Å². The van der Waals surface area contributed by atoms with Crippen LogP contribution in [-0.2, 0) is 33.0 Å². The van der Waals surface area contributed by atoms with E-state index in [4.69, 9.17) is 14.7 Å². The third-order valence-corrected chi connectivity index (χ3v) is 8.99. The number of carbonyl (C=O) groups is 2. The second-order valence-electron chi connectivity index (χ2n) is 11.4. The van der Waals surface area contributed by atoms with Gasteiger partial charge in [0.2, 0.25) is 6.33 Å². The molecule has 2 aromatic carbocycles. The summed E-state index contributed by atoms with van der Waals surface area (Å²) in [6, 6.07) is 15.0. The number of thiazole rings is 1. The number of esters is 1. The molecule has 0 spiro atoms. The molecule has 16 heteroatoms. The Bertz CT molecular complexity index is 2100. The minimum absolute atomic E-state index is 0.0113. The number of aliphatic hydroxyl groups is 1. The lowest BCUT2D eigenvalue weighted by atomic mass is 9.82.